The van der Waals surface area contributed by atoms with Crippen molar-refractivity contribution >= 4 is 23.0 Å². The number of pyridine rings is 1. The van der Waals surface area contributed by atoms with Crippen molar-refractivity contribution in [2.45, 2.75) is 19.8 Å². The van der Waals surface area contributed by atoms with Crippen LogP contribution in [0.2, 0.25) is 0 Å². The van der Waals surface area contributed by atoms with Gasteiger partial charge in [-0.1, -0.05) is 36.4 Å². The number of anilines is 3. The zero-order valence-electron chi connectivity index (χ0n) is 15.5. The van der Waals surface area contributed by atoms with Crippen LogP contribution in [-0.4, -0.2) is 24.0 Å². The van der Waals surface area contributed by atoms with E-state index >= 15 is 0 Å². The van der Waals surface area contributed by atoms with Crippen LogP contribution in [-0.2, 0) is 6.42 Å². The molecule has 2 aromatic carbocycles. The average Bonchev–Trinajstić information content (AvgIpc) is 2.74. The summed E-state index contributed by atoms with van der Waals surface area (Å²) in [4.78, 5) is 21.6. The van der Waals surface area contributed by atoms with Crippen molar-refractivity contribution in [3.63, 3.8) is 0 Å². The van der Waals surface area contributed by atoms with Gasteiger partial charge in [0.05, 0.1) is 17.4 Å². The van der Waals surface area contributed by atoms with Gasteiger partial charge in [-0.2, -0.15) is 0 Å². The number of aryl methyl sites for hydroxylation is 1. The van der Waals surface area contributed by atoms with Crippen molar-refractivity contribution < 1.29 is 4.79 Å². The molecule has 2 heterocycles. The maximum Gasteiger partial charge on any atom is 0.259 e. The Morgan fingerprint density at radius 3 is 2.63 bits per heavy atom. The lowest BCUT2D eigenvalue weighted by Gasteiger charge is -2.30. The number of benzene rings is 2. The predicted molar refractivity (Wildman–Crippen MR) is 110 cm³/mol. The van der Waals surface area contributed by atoms with Gasteiger partial charge in [-0.05, 0) is 49.6 Å². The van der Waals surface area contributed by atoms with Gasteiger partial charge in [0.15, 0.2) is 0 Å². The molecule has 0 aliphatic carbocycles. The highest BCUT2D eigenvalue weighted by Gasteiger charge is 2.24. The number of para-hydroxylation sites is 2. The summed E-state index contributed by atoms with van der Waals surface area (Å²) in [6.07, 6.45) is 5.50. The first kappa shape index (κ1) is 17.3. The third kappa shape index (κ3) is 3.43. The third-order valence-electron chi connectivity index (χ3n) is 5.02. The molecule has 0 bridgehead atoms. The lowest BCUT2D eigenvalue weighted by atomic mass is 10.0. The van der Waals surface area contributed by atoms with Crippen LogP contribution in [0.3, 0.4) is 0 Å². The summed E-state index contributed by atoms with van der Waals surface area (Å²) in [5.74, 6) is 0.0145. The van der Waals surface area contributed by atoms with Crippen molar-refractivity contribution in [2.24, 2.45) is 0 Å². The van der Waals surface area contributed by atoms with Crippen molar-refractivity contribution in [3.8, 4) is 0 Å². The van der Waals surface area contributed by atoms with Crippen molar-refractivity contribution in [1.82, 2.24) is 4.98 Å². The Balaban J connectivity index is 1.66. The molecule has 0 unspecified atom stereocenters. The summed E-state index contributed by atoms with van der Waals surface area (Å²) in [6, 6.07) is 20.3. The van der Waals surface area contributed by atoms with E-state index in [2.05, 4.69) is 35.0 Å². The van der Waals surface area contributed by atoms with Crippen molar-refractivity contribution in [2.75, 3.05) is 22.9 Å². The Morgan fingerprint density at radius 2 is 1.81 bits per heavy atom. The molecule has 0 atom stereocenters. The van der Waals surface area contributed by atoms with Crippen LogP contribution in [0.4, 0.5) is 17.1 Å². The van der Waals surface area contributed by atoms with Crippen molar-refractivity contribution in [3.05, 3.63) is 84.2 Å². The molecule has 0 saturated heterocycles. The minimum absolute atomic E-state index is 0.0145. The zero-order chi connectivity index (χ0) is 18.6. The van der Waals surface area contributed by atoms with Crippen molar-refractivity contribution in [1.29, 1.82) is 0 Å². The zero-order valence-corrected chi connectivity index (χ0v) is 15.5. The monoisotopic (exact) mass is 357 g/mol. The van der Waals surface area contributed by atoms with E-state index in [-0.39, 0.29) is 5.91 Å². The molecule has 27 heavy (non-hydrogen) atoms. The van der Waals surface area contributed by atoms with E-state index in [0.717, 1.165) is 43.0 Å². The quantitative estimate of drug-likeness (QED) is 0.671. The number of fused-ring (bicyclic) bond motifs is 1. The number of amides is 1. The highest BCUT2D eigenvalue weighted by Crippen LogP contribution is 2.29. The lowest BCUT2D eigenvalue weighted by Crippen LogP contribution is -2.35. The molecule has 1 aliphatic heterocycles. The van der Waals surface area contributed by atoms with Gasteiger partial charge in [-0.25, -0.2) is 0 Å². The fraction of sp³-hybridized carbons (Fsp3) is 0.217. The third-order valence-corrected chi connectivity index (χ3v) is 5.02. The Kier molecular flexibility index (Phi) is 4.88. The van der Waals surface area contributed by atoms with Gasteiger partial charge >= 0.3 is 0 Å². The van der Waals surface area contributed by atoms with E-state index < -0.39 is 0 Å². The fourth-order valence-electron chi connectivity index (χ4n) is 3.71. The summed E-state index contributed by atoms with van der Waals surface area (Å²) in [5.41, 5.74) is 4.91. The molecule has 0 saturated carbocycles. The maximum atomic E-state index is 13.2. The van der Waals surface area contributed by atoms with Gasteiger partial charge in [0.2, 0.25) is 0 Å². The first-order valence-electron chi connectivity index (χ1n) is 9.45. The summed E-state index contributed by atoms with van der Waals surface area (Å²) >= 11 is 0. The van der Waals surface area contributed by atoms with Gasteiger partial charge in [0, 0.05) is 30.7 Å². The largest absolute Gasteiger partial charge is 0.340 e. The van der Waals surface area contributed by atoms with Crippen LogP contribution in [0.25, 0.3) is 0 Å². The number of aromatic nitrogens is 1. The topological polar surface area (TPSA) is 36.4 Å². The molecular weight excluding hydrogens is 334 g/mol. The summed E-state index contributed by atoms with van der Waals surface area (Å²) < 4.78 is 0. The van der Waals surface area contributed by atoms with E-state index in [0.29, 0.717) is 5.56 Å². The normalized spacial score (nSPS) is 13.1. The predicted octanol–water partition coefficient (Wildman–Crippen LogP) is 4.83. The first-order valence-corrected chi connectivity index (χ1v) is 9.45. The highest BCUT2D eigenvalue weighted by atomic mass is 16.2. The Bertz CT molecular complexity index is 939. The molecule has 1 amide bonds. The molecular formula is C23H23N3O. The Labute approximate surface area is 160 Å². The number of hydrogen-bond donors (Lipinski definition) is 0. The SMILES string of the molecule is CCN(c1ccccc1)c1cncc(C(=O)N2CCCc3ccccc32)c1. The molecule has 136 valence electrons. The molecule has 3 aromatic rings. The molecule has 4 nitrogen and oxygen atoms in total. The number of nitrogens with zero attached hydrogens (tertiary/aromatic N) is 3. The molecule has 4 heteroatoms. The van der Waals surface area contributed by atoms with E-state index in [1.165, 1.54) is 5.56 Å². The average molecular weight is 357 g/mol. The molecule has 0 spiro atoms. The highest BCUT2D eigenvalue weighted by molar-refractivity contribution is 6.07. The minimum Gasteiger partial charge on any atom is -0.340 e. The van der Waals surface area contributed by atoms with E-state index in [9.17, 15) is 4.79 Å². The second-order valence-corrected chi connectivity index (χ2v) is 6.70. The van der Waals surface area contributed by atoms with Gasteiger partial charge in [0.1, 0.15) is 0 Å². The Morgan fingerprint density at radius 1 is 1.04 bits per heavy atom. The van der Waals surface area contributed by atoms with Gasteiger partial charge in [-0.3, -0.25) is 9.78 Å². The second-order valence-electron chi connectivity index (χ2n) is 6.70. The van der Waals surface area contributed by atoms with Gasteiger partial charge in [-0.15, -0.1) is 0 Å². The first-order chi connectivity index (χ1) is 13.3. The summed E-state index contributed by atoms with van der Waals surface area (Å²) in [6.45, 7) is 3.65. The minimum atomic E-state index is 0.0145. The number of hydrogen-bond acceptors (Lipinski definition) is 3. The fourth-order valence-corrected chi connectivity index (χ4v) is 3.71. The van der Waals surface area contributed by atoms with Gasteiger partial charge in [0.25, 0.3) is 5.91 Å². The maximum absolute atomic E-state index is 13.2. The van der Waals surface area contributed by atoms with E-state index in [1.807, 2.05) is 53.6 Å². The van der Waals surface area contributed by atoms with Crippen LogP contribution < -0.4 is 9.80 Å². The number of carbonyl (C=O) groups is 1. The van der Waals surface area contributed by atoms with Crippen LogP contribution >= 0.6 is 0 Å². The Hall–Kier alpha value is -3.14. The molecule has 0 N–H and O–H groups in total. The molecule has 1 aromatic heterocycles. The standard InChI is InChI=1S/C23H23N3O/c1-2-25(20-11-4-3-5-12-20)21-15-19(16-24-17-21)23(27)26-14-8-10-18-9-6-7-13-22(18)26/h3-7,9,11-13,15-17H,2,8,10,14H2,1H3. The molecule has 0 fully saturated rings. The smallest absolute Gasteiger partial charge is 0.259 e. The van der Waals surface area contributed by atoms with Crippen LogP contribution in [0.5, 0.6) is 0 Å². The lowest BCUT2D eigenvalue weighted by molar-refractivity contribution is 0.0985. The molecule has 0 radical (unpaired) electrons. The van der Waals surface area contributed by atoms with E-state index in [1.54, 1.807) is 6.20 Å². The number of rotatable bonds is 4. The second kappa shape index (κ2) is 7.62. The molecule has 1 aliphatic rings. The van der Waals surface area contributed by atoms with Crippen LogP contribution in [0.15, 0.2) is 73.1 Å². The van der Waals surface area contributed by atoms with Crippen LogP contribution in [0.1, 0.15) is 29.3 Å². The van der Waals surface area contributed by atoms with Crippen LogP contribution in [0, 0.1) is 0 Å². The van der Waals surface area contributed by atoms with E-state index in [4.69, 9.17) is 0 Å². The molecule has 4 rings (SSSR count). The summed E-state index contributed by atoms with van der Waals surface area (Å²) in [7, 11) is 0. The summed E-state index contributed by atoms with van der Waals surface area (Å²) in [5, 5.41) is 0. The van der Waals surface area contributed by atoms with Gasteiger partial charge < -0.3 is 9.80 Å². The number of carbonyl (C=O) groups excluding carboxylic acids is 1.